The molecule has 0 unspecified atom stereocenters. The van der Waals surface area contributed by atoms with Crippen LogP contribution in [0.3, 0.4) is 0 Å². The quantitative estimate of drug-likeness (QED) is 0.580. The summed E-state index contributed by atoms with van der Waals surface area (Å²) >= 11 is 0. The number of benzene rings is 1. The van der Waals surface area contributed by atoms with E-state index in [1.54, 1.807) is 12.1 Å². The summed E-state index contributed by atoms with van der Waals surface area (Å²) in [4.78, 5) is 0.323. The molecular weight excluding hydrogens is 314 g/mol. The van der Waals surface area contributed by atoms with E-state index >= 15 is 0 Å². The molecule has 1 aromatic carbocycles. The van der Waals surface area contributed by atoms with Crippen molar-refractivity contribution in [3.05, 3.63) is 24.3 Å². The van der Waals surface area contributed by atoms with E-state index in [0.717, 1.165) is 19.4 Å². The van der Waals surface area contributed by atoms with Gasteiger partial charge in [0.15, 0.2) is 0 Å². The molecule has 0 saturated carbocycles. The second-order valence-corrected chi connectivity index (χ2v) is 7.66. The number of hydrogen-bond acceptors (Lipinski definition) is 5. The zero-order valence-electron chi connectivity index (χ0n) is 14.0. The van der Waals surface area contributed by atoms with Gasteiger partial charge in [0.1, 0.15) is 4.90 Å². The lowest BCUT2D eigenvalue weighted by Gasteiger charge is -2.28. The summed E-state index contributed by atoms with van der Waals surface area (Å²) in [7, 11) is -1.56. The highest BCUT2D eigenvalue weighted by Crippen LogP contribution is 2.25. The van der Waals surface area contributed by atoms with E-state index in [-0.39, 0.29) is 0 Å². The number of unbranched alkanes of at least 4 members (excludes halogenated alkanes) is 2. The minimum atomic E-state index is -3.50. The smallest absolute Gasteiger partial charge is 0.245 e. The lowest BCUT2D eigenvalue weighted by Crippen LogP contribution is -2.41. The Morgan fingerprint density at radius 3 is 2.61 bits per heavy atom. The minimum absolute atomic E-state index is 0.323. The van der Waals surface area contributed by atoms with Crippen LogP contribution in [0.5, 0.6) is 0 Å². The number of nitrogens with one attached hydrogen (secondary N) is 1. The summed E-state index contributed by atoms with van der Waals surface area (Å²) in [5, 5.41) is 1.95. The number of hydrazine groups is 1. The fraction of sp³-hybridized carbons (Fsp3) is 0.625. The molecule has 2 rings (SSSR count). The third-order valence-corrected chi connectivity index (χ3v) is 5.84. The average Bonchev–Trinajstić information content (AvgIpc) is 2.56. The minimum Gasteiger partial charge on any atom is -0.379 e. The Kier molecular flexibility index (Phi) is 6.83. The molecule has 0 amide bonds. The molecule has 23 heavy (non-hydrogen) atoms. The van der Waals surface area contributed by atoms with Crippen molar-refractivity contribution in [1.82, 2.24) is 9.31 Å². The normalized spacial score (nSPS) is 16.7. The molecule has 1 saturated heterocycles. The van der Waals surface area contributed by atoms with Gasteiger partial charge < -0.3 is 10.2 Å². The lowest BCUT2D eigenvalue weighted by molar-refractivity contribution is 0.0730. The van der Waals surface area contributed by atoms with Crippen molar-refractivity contribution in [2.24, 2.45) is 0 Å². The Labute approximate surface area is 139 Å². The van der Waals surface area contributed by atoms with Crippen LogP contribution in [0.2, 0.25) is 0 Å². The van der Waals surface area contributed by atoms with E-state index in [2.05, 4.69) is 12.3 Å². The van der Waals surface area contributed by atoms with Gasteiger partial charge in [-0.25, -0.2) is 13.4 Å². The zero-order valence-corrected chi connectivity index (χ0v) is 14.8. The van der Waals surface area contributed by atoms with Crippen LogP contribution in [0.15, 0.2) is 29.2 Å². The number of rotatable bonds is 8. The molecular formula is C16H27N3O3S. The van der Waals surface area contributed by atoms with Gasteiger partial charge in [-0.05, 0) is 18.6 Å². The third-order valence-electron chi connectivity index (χ3n) is 3.88. The lowest BCUT2D eigenvalue weighted by atomic mass is 10.2. The van der Waals surface area contributed by atoms with Gasteiger partial charge in [0.25, 0.3) is 0 Å². The summed E-state index contributed by atoms with van der Waals surface area (Å²) < 4.78 is 32.5. The molecule has 1 heterocycles. The molecule has 6 nitrogen and oxygen atoms in total. The second-order valence-electron chi connectivity index (χ2n) is 5.75. The van der Waals surface area contributed by atoms with E-state index in [4.69, 9.17) is 4.74 Å². The Morgan fingerprint density at radius 1 is 1.22 bits per heavy atom. The van der Waals surface area contributed by atoms with Crippen molar-refractivity contribution in [2.75, 3.05) is 45.3 Å². The zero-order chi connectivity index (χ0) is 16.7. The molecule has 1 aromatic rings. The van der Waals surface area contributed by atoms with Crippen molar-refractivity contribution >= 4 is 15.7 Å². The average molecular weight is 341 g/mol. The molecule has 0 aliphatic carbocycles. The SMILES string of the molecule is CCCCCN(C)Nc1ccccc1S(=O)(=O)N1CCOCC1. The van der Waals surface area contributed by atoms with Gasteiger partial charge in [0, 0.05) is 26.7 Å². The number of morpholine rings is 1. The molecule has 1 fully saturated rings. The van der Waals surface area contributed by atoms with Crippen LogP contribution < -0.4 is 5.43 Å². The molecule has 1 N–H and O–H groups in total. The molecule has 1 aliphatic heterocycles. The fourth-order valence-electron chi connectivity index (χ4n) is 2.57. The number of sulfonamides is 1. The Bertz CT molecular complexity index is 586. The maximum atomic E-state index is 12.9. The molecule has 0 radical (unpaired) electrons. The second kappa shape index (κ2) is 8.63. The van der Waals surface area contributed by atoms with Crippen molar-refractivity contribution in [1.29, 1.82) is 0 Å². The van der Waals surface area contributed by atoms with Gasteiger partial charge in [0.2, 0.25) is 10.0 Å². The van der Waals surface area contributed by atoms with Gasteiger partial charge in [0.05, 0.1) is 18.9 Å². The first-order valence-electron chi connectivity index (χ1n) is 8.20. The van der Waals surface area contributed by atoms with E-state index in [9.17, 15) is 8.42 Å². The summed E-state index contributed by atoms with van der Waals surface area (Å²) in [6.07, 6.45) is 3.41. The molecule has 0 bridgehead atoms. The largest absolute Gasteiger partial charge is 0.379 e. The molecule has 0 aromatic heterocycles. The van der Waals surface area contributed by atoms with Crippen LogP contribution in [0.1, 0.15) is 26.2 Å². The summed E-state index contributed by atoms with van der Waals surface area (Å²) in [6, 6.07) is 7.08. The van der Waals surface area contributed by atoms with E-state index in [1.807, 2.05) is 24.2 Å². The monoisotopic (exact) mass is 341 g/mol. The van der Waals surface area contributed by atoms with Crippen LogP contribution in [-0.2, 0) is 14.8 Å². The van der Waals surface area contributed by atoms with Gasteiger partial charge in [-0.2, -0.15) is 4.31 Å². The van der Waals surface area contributed by atoms with Crippen LogP contribution >= 0.6 is 0 Å². The molecule has 7 heteroatoms. The highest BCUT2D eigenvalue weighted by atomic mass is 32.2. The van der Waals surface area contributed by atoms with Crippen LogP contribution in [0.25, 0.3) is 0 Å². The highest BCUT2D eigenvalue weighted by Gasteiger charge is 2.28. The van der Waals surface area contributed by atoms with Crippen molar-refractivity contribution in [2.45, 2.75) is 31.1 Å². The van der Waals surface area contributed by atoms with Gasteiger partial charge >= 0.3 is 0 Å². The van der Waals surface area contributed by atoms with Crippen LogP contribution in [-0.4, -0.2) is 57.6 Å². The predicted molar refractivity (Wildman–Crippen MR) is 91.8 cm³/mol. The number of ether oxygens (including phenoxy) is 1. The van der Waals surface area contributed by atoms with Crippen LogP contribution in [0, 0.1) is 0 Å². The summed E-state index contributed by atoms with van der Waals surface area (Å²) in [5.41, 5.74) is 3.83. The highest BCUT2D eigenvalue weighted by molar-refractivity contribution is 7.89. The van der Waals surface area contributed by atoms with Crippen molar-refractivity contribution in [3.63, 3.8) is 0 Å². The van der Waals surface area contributed by atoms with Gasteiger partial charge in [-0.1, -0.05) is 31.9 Å². The molecule has 0 atom stereocenters. The number of hydrogen-bond donors (Lipinski definition) is 1. The van der Waals surface area contributed by atoms with E-state index in [0.29, 0.717) is 36.9 Å². The third kappa shape index (κ3) is 4.91. The van der Waals surface area contributed by atoms with E-state index < -0.39 is 10.0 Å². The van der Waals surface area contributed by atoms with Crippen molar-refractivity contribution < 1.29 is 13.2 Å². The standard InChI is InChI=1S/C16H27N3O3S/c1-3-4-7-10-18(2)17-15-8-5-6-9-16(15)23(20,21)19-11-13-22-14-12-19/h5-6,8-9,17H,3-4,7,10-14H2,1-2H3. The summed E-state index contributed by atoms with van der Waals surface area (Å²) in [5.74, 6) is 0. The van der Waals surface area contributed by atoms with Crippen LogP contribution in [0.4, 0.5) is 5.69 Å². The first-order chi connectivity index (χ1) is 11.1. The number of para-hydroxylation sites is 1. The maximum Gasteiger partial charge on any atom is 0.245 e. The van der Waals surface area contributed by atoms with Crippen molar-refractivity contribution in [3.8, 4) is 0 Å². The number of anilines is 1. The number of nitrogens with zero attached hydrogens (tertiary/aromatic N) is 2. The van der Waals surface area contributed by atoms with E-state index in [1.165, 1.54) is 10.7 Å². The fourth-order valence-corrected chi connectivity index (χ4v) is 4.12. The predicted octanol–water partition coefficient (Wildman–Crippen LogP) is 2.16. The first-order valence-corrected chi connectivity index (χ1v) is 9.64. The molecule has 130 valence electrons. The molecule has 1 aliphatic rings. The maximum absolute atomic E-state index is 12.9. The Balaban J connectivity index is 2.13. The Hall–Kier alpha value is -1.15. The van der Waals surface area contributed by atoms with Gasteiger partial charge in [-0.15, -0.1) is 0 Å². The first kappa shape index (κ1) is 18.2. The molecule has 0 spiro atoms. The Morgan fingerprint density at radius 2 is 1.91 bits per heavy atom. The van der Waals surface area contributed by atoms with Gasteiger partial charge in [-0.3, -0.25) is 0 Å². The summed E-state index contributed by atoms with van der Waals surface area (Å²) in [6.45, 7) is 4.75. The topological polar surface area (TPSA) is 61.9 Å².